The number of hydrogen-bond donors (Lipinski definition) is 1. The summed E-state index contributed by atoms with van der Waals surface area (Å²) in [6.07, 6.45) is 0.639. The van der Waals surface area contributed by atoms with E-state index in [4.69, 9.17) is 10.00 Å². The molecule has 0 bridgehead atoms. The van der Waals surface area contributed by atoms with Crippen LogP contribution in [-0.4, -0.2) is 17.0 Å². The lowest BCUT2D eigenvalue weighted by atomic mass is 10.2. The molecule has 6 heteroatoms. The lowest BCUT2D eigenvalue weighted by molar-refractivity contribution is 0.452. The Kier molecular flexibility index (Phi) is 4.11. The predicted molar refractivity (Wildman–Crippen MR) is 72.1 cm³/mol. The van der Waals surface area contributed by atoms with Crippen molar-refractivity contribution in [3.05, 3.63) is 41.5 Å². The zero-order valence-corrected chi connectivity index (χ0v) is 11.1. The number of nitrogens with one attached hydrogen (secondary N) is 1. The fourth-order valence-electron chi connectivity index (χ4n) is 1.62. The van der Waals surface area contributed by atoms with Crippen LogP contribution in [0.15, 0.2) is 24.3 Å². The monoisotopic (exact) mass is 272 g/mol. The third-order valence-corrected chi connectivity index (χ3v) is 2.62. The van der Waals surface area contributed by atoms with E-state index in [-0.39, 0.29) is 17.2 Å². The number of hydrogen-bond acceptors (Lipinski definition) is 5. The SMILES string of the molecule is CCc1nc(NC)cc(Oc2cccc(F)c2C#N)n1. The molecule has 1 aromatic carbocycles. The maximum atomic E-state index is 13.5. The summed E-state index contributed by atoms with van der Waals surface area (Å²) in [5, 5.41) is 11.9. The standard InChI is InChI=1S/C14H13FN4O/c1-3-12-18-13(17-2)7-14(19-12)20-11-6-4-5-10(15)9(11)8-16/h4-7H,3H2,1-2H3,(H,17,18,19). The number of anilines is 1. The van der Waals surface area contributed by atoms with Crippen molar-refractivity contribution in [2.45, 2.75) is 13.3 Å². The van der Waals surface area contributed by atoms with Crippen molar-refractivity contribution in [3.63, 3.8) is 0 Å². The summed E-state index contributed by atoms with van der Waals surface area (Å²) in [6, 6.07) is 7.58. The number of nitriles is 1. The Morgan fingerprint density at radius 2 is 2.20 bits per heavy atom. The lowest BCUT2D eigenvalue weighted by Crippen LogP contribution is -2.01. The van der Waals surface area contributed by atoms with Gasteiger partial charge < -0.3 is 10.1 Å². The molecule has 102 valence electrons. The molecule has 0 fully saturated rings. The second-order valence-electron chi connectivity index (χ2n) is 3.94. The highest BCUT2D eigenvalue weighted by atomic mass is 19.1. The first-order chi connectivity index (χ1) is 9.67. The third kappa shape index (κ3) is 2.83. The van der Waals surface area contributed by atoms with Crippen LogP contribution in [0, 0.1) is 17.1 Å². The van der Waals surface area contributed by atoms with E-state index in [0.717, 1.165) is 0 Å². The minimum Gasteiger partial charge on any atom is -0.437 e. The van der Waals surface area contributed by atoms with E-state index in [1.807, 2.05) is 6.92 Å². The van der Waals surface area contributed by atoms with Gasteiger partial charge in [-0.05, 0) is 12.1 Å². The summed E-state index contributed by atoms with van der Waals surface area (Å²) in [4.78, 5) is 8.43. The van der Waals surface area contributed by atoms with Gasteiger partial charge in [0.05, 0.1) is 0 Å². The van der Waals surface area contributed by atoms with E-state index in [0.29, 0.717) is 18.1 Å². The van der Waals surface area contributed by atoms with Crippen LogP contribution in [0.4, 0.5) is 10.2 Å². The fraction of sp³-hybridized carbons (Fsp3) is 0.214. The van der Waals surface area contributed by atoms with Crippen LogP contribution in [0.5, 0.6) is 11.6 Å². The second-order valence-corrected chi connectivity index (χ2v) is 3.94. The normalized spacial score (nSPS) is 9.90. The number of aryl methyl sites for hydroxylation is 1. The molecule has 0 spiro atoms. The molecule has 2 aromatic rings. The van der Waals surface area contributed by atoms with E-state index >= 15 is 0 Å². The van der Waals surface area contributed by atoms with E-state index < -0.39 is 5.82 Å². The predicted octanol–water partition coefficient (Wildman–Crippen LogP) is 2.88. The van der Waals surface area contributed by atoms with Crippen LogP contribution < -0.4 is 10.1 Å². The Morgan fingerprint density at radius 1 is 1.40 bits per heavy atom. The smallest absolute Gasteiger partial charge is 0.224 e. The van der Waals surface area contributed by atoms with Crippen LogP contribution in [0.25, 0.3) is 0 Å². The van der Waals surface area contributed by atoms with Gasteiger partial charge in [0, 0.05) is 19.5 Å². The lowest BCUT2D eigenvalue weighted by Gasteiger charge is -2.09. The molecular weight excluding hydrogens is 259 g/mol. The second kappa shape index (κ2) is 5.97. The summed E-state index contributed by atoms with van der Waals surface area (Å²) in [6.45, 7) is 1.92. The Balaban J connectivity index is 2.40. The van der Waals surface area contributed by atoms with Gasteiger partial charge in [-0.25, -0.2) is 9.37 Å². The van der Waals surface area contributed by atoms with Gasteiger partial charge in [-0.2, -0.15) is 10.2 Å². The zero-order valence-electron chi connectivity index (χ0n) is 11.1. The Morgan fingerprint density at radius 3 is 2.85 bits per heavy atom. The Labute approximate surface area is 116 Å². The molecule has 0 aliphatic carbocycles. The highest BCUT2D eigenvalue weighted by molar-refractivity contribution is 5.46. The fourth-order valence-corrected chi connectivity index (χ4v) is 1.62. The average molecular weight is 272 g/mol. The Hall–Kier alpha value is -2.68. The van der Waals surface area contributed by atoms with Gasteiger partial charge in [-0.3, -0.25) is 0 Å². The maximum absolute atomic E-state index is 13.5. The quantitative estimate of drug-likeness (QED) is 0.926. The molecule has 0 aliphatic heterocycles. The molecule has 1 N–H and O–H groups in total. The van der Waals surface area contributed by atoms with Crippen LogP contribution in [0.2, 0.25) is 0 Å². The first kappa shape index (κ1) is 13.7. The minimum absolute atomic E-state index is 0.135. The molecule has 2 rings (SSSR count). The molecule has 20 heavy (non-hydrogen) atoms. The number of aromatic nitrogens is 2. The highest BCUT2D eigenvalue weighted by Crippen LogP contribution is 2.26. The van der Waals surface area contributed by atoms with Gasteiger partial charge in [0.2, 0.25) is 5.88 Å². The van der Waals surface area contributed by atoms with E-state index in [2.05, 4.69) is 15.3 Å². The highest BCUT2D eigenvalue weighted by Gasteiger charge is 2.11. The summed E-state index contributed by atoms with van der Waals surface area (Å²) in [7, 11) is 1.73. The molecule has 0 saturated heterocycles. The molecule has 0 amide bonds. The molecule has 0 atom stereocenters. The topological polar surface area (TPSA) is 70.8 Å². The minimum atomic E-state index is -0.622. The molecule has 0 aliphatic rings. The van der Waals surface area contributed by atoms with E-state index in [1.165, 1.54) is 18.2 Å². The van der Waals surface area contributed by atoms with Crippen LogP contribution in [-0.2, 0) is 6.42 Å². The van der Waals surface area contributed by atoms with Crippen molar-refractivity contribution in [1.82, 2.24) is 9.97 Å². The molecule has 1 aromatic heterocycles. The summed E-state index contributed by atoms with van der Waals surface area (Å²) < 4.78 is 19.0. The molecule has 5 nitrogen and oxygen atoms in total. The molecular formula is C14H13FN4O. The number of ether oxygens (including phenoxy) is 1. The largest absolute Gasteiger partial charge is 0.437 e. The molecule has 0 radical (unpaired) electrons. The van der Waals surface area contributed by atoms with E-state index in [9.17, 15) is 4.39 Å². The first-order valence-electron chi connectivity index (χ1n) is 6.10. The van der Waals surface area contributed by atoms with Crippen molar-refractivity contribution in [2.24, 2.45) is 0 Å². The maximum Gasteiger partial charge on any atom is 0.224 e. The van der Waals surface area contributed by atoms with Gasteiger partial charge in [0.1, 0.15) is 34.8 Å². The summed E-state index contributed by atoms with van der Waals surface area (Å²) >= 11 is 0. The number of nitrogens with zero attached hydrogens (tertiary/aromatic N) is 3. The number of rotatable bonds is 4. The average Bonchev–Trinajstić information content (AvgIpc) is 2.47. The van der Waals surface area contributed by atoms with Crippen molar-refractivity contribution in [1.29, 1.82) is 5.26 Å². The van der Waals surface area contributed by atoms with Crippen molar-refractivity contribution in [3.8, 4) is 17.7 Å². The van der Waals surface area contributed by atoms with Crippen molar-refractivity contribution < 1.29 is 9.13 Å². The number of benzene rings is 1. The van der Waals surface area contributed by atoms with Crippen LogP contribution in [0.3, 0.4) is 0 Å². The summed E-state index contributed by atoms with van der Waals surface area (Å²) in [5.74, 6) is 0.978. The summed E-state index contributed by atoms with van der Waals surface area (Å²) in [5.41, 5.74) is -0.143. The number of halogens is 1. The van der Waals surface area contributed by atoms with Gasteiger partial charge >= 0.3 is 0 Å². The Bertz CT molecular complexity index is 644. The molecule has 0 unspecified atom stereocenters. The van der Waals surface area contributed by atoms with Gasteiger partial charge in [-0.1, -0.05) is 13.0 Å². The molecule has 0 saturated carbocycles. The third-order valence-electron chi connectivity index (χ3n) is 2.62. The first-order valence-corrected chi connectivity index (χ1v) is 6.10. The van der Waals surface area contributed by atoms with Gasteiger partial charge in [0.25, 0.3) is 0 Å². The van der Waals surface area contributed by atoms with Crippen LogP contribution in [0.1, 0.15) is 18.3 Å². The zero-order chi connectivity index (χ0) is 14.5. The van der Waals surface area contributed by atoms with Gasteiger partial charge in [-0.15, -0.1) is 0 Å². The van der Waals surface area contributed by atoms with Crippen molar-refractivity contribution >= 4 is 5.82 Å². The van der Waals surface area contributed by atoms with Gasteiger partial charge in [0.15, 0.2) is 0 Å². The van der Waals surface area contributed by atoms with E-state index in [1.54, 1.807) is 19.2 Å². The van der Waals surface area contributed by atoms with Crippen molar-refractivity contribution in [2.75, 3.05) is 12.4 Å². The molecule has 1 heterocycles. The van der Waals surface area contributed by atoms with Crippen LogP contribution >= 0.6 is 0 Å².